The molecule has 0 radical (unpaired) electrons. The van der Waals surface area contributed by atoms with Crippen LogP contribution in [0, 0.1) is 11.6 Å². The second kappa shape index (κ2) is 6.46. The van der Waals surface area contributed by atoms with Crippen LogP contribution in [0.15, 0.2) is 59.9 Å². The van der Waals surface area contributed by atoms with Crippen LogP contribution < -0.4 is 4.72 Å². The topological polar surface area (TPSA) is 76.9 Å². The molecule has 1 N–H and O–H groups in total. The molecule has 2 heterocycles. The first-order valence-electron chi connectivity index (χ1n) is 6.85. The highest BCUT2D eigenvalue weighted by atomic mass is 32.2. The largest absolute Gasteiger partial charge is 0.241 e. The number of pyridine rings is 1. The summed E-state index contributed by atoms with van der Waals surface area (Å²) >= 11 is 0. The predicted octanol–water partition coefficient (Wildman–Crippen LogP) is 2.02. The lowest BCUT2D eigenvalue weighted by molar-refractivity contribution is 0.561. The van der Waals surface area contributed by atoms with E-state index in [4.69, 9.17) is 0 Å². The highest BCUT2D eigenvalue weighted by molar-refractivity contribution is 7.89. The molecule has 0 aliphatic heterocycles. The van der Waals surface area contributed by atoms with Crippen molar-refractivity contribution in [1.29, 1.82) is 0 Å². The minimum absolute atomic E-state index is 0.108. The lowest BCUT2D eigenvalue weighted by Gasteiger charge is -2.10. The van der Waals surface area contributed by atoms with E-state index in [0.29, 0.717) is 17.4 Å². The van der Waals surface area contributed by atoms with E-state index in [1.807, 2.05) is 0 Å². The van der Waals surface area contributed by atoms with Crippen LogP contribution in [0.4, 0.5) is 8.78 Å². The molecule has 1 aromatic carbocycles. The standard InChI is InChI=1S/C15H12F2N4O2S/c16-12-7-13(17)9-14(8-12)24(22,23)20-10-11-3-1-4-18-15(11)21-6-2-5-19-21/h1-9,20H,10H2. The van der Waals surface area contributed by atoms with Crippen molar-refractivity contribution in [2.45, 2.75) is 11.4 Å². The lowest BCUT2D eigenvalue weighted by atomic mass is 10.2. The summed E-state index contributed by atoms with van der Waals surface area (Å²) in [6, 6.07) is 7.15. The number of nitrogens with zero attached hydrogens (tertiary/aromatic N) is 3. The van der Waals surface area contributed by atoms with Gasteiger partial charge in [-0.05, 0) is 24.3 Å². The Kier molecular flexibility index (Phi) is 4.36. The van der Waals surface area contributed by atoms with Crippen LogP contribution in [-0.4, -0.2) is 23.2 Å². The van der Waals surface area contributed by atoms with E-state index < -0.39 is 26.6 Å². The van der Waals surface area contributed by atoms with Crippen molar-refractivity contribution in [3.05, 3.63) is 72.2 Å². The molecule has 0 fully saturated rings. The van der Waals surface area contributed by atoms with Gasteiger partial charge in [-0.25, -0.2) is 31.6 Å². The highest BCUT2D eigenvalue weighted by Crippen LogP contribution is 2.15. The van der Waals surface area contributed by atoms with Gasteiger partial charge in [0.05, 0.1) is 4.90 Å². The number of hydrogen-bond acceptors (Lipinski definition) is 4. The number of aromatic nitrogens is 3. The summed E-state index contributed by atoms with van der Waals surface area (Å²) in [6.45, 7) is -0.108. The van der Waals surface area contributed by atoms with Gasteiger partial charge in [0.1, 0.15) is 11.6 Å². The third-order valence-corrected chi connectivity index (χ3v) is 4.57. The summed E-state index contributed by atoms with van der Waals surface area (Å²) in [5, 5.41) is 4.05. The van der Waals surface area contributed by atoms with Crippen molar-refractivity contribution in [1.82, 2.24) is 19.5 Å². The maximum absolute atomic E-state index is 13.2. The summed E-state index contributed by atoms with van der Waals surface area (Å²) in [6.07, 6.45) is 4.79. The fourth-order valence-electron chi connectivity index (χ4n) is 2.11. The van der Waals surface area contributed by atoms with Gasteiger partial charge in [-0.2, -0.15) is 5.10 Å². The molecular formula is C15H12F2N4O2S. The van der Waals surface area contributed by atoms with Crippen LogP contribution in [0.1, 0.15) is 5.56 Å². The normalized spacial score (nSPS) is 11.6. The molecule has 3 aromatic rings. The van der Waals surface area contributed by atoms with Gasteiger partial charge in [-0.3, -0.25) is 0 Å². The number of benzene rings is 1. The Balaban J connectivity index is 1.86. The number of sulfonamides is 1. The van der Waals surface area contributed by atoms with Gasteiger partial charge in [0.2, 0.25) is 10.0 Å². The fraction of sp³-hybridized carbons (Fsp3) is 0.0667. The lowest BCUT2D eigenvalue weighted by Crippen LogP contribution is -2.24. The Morgan fingerprint density at radius 3 is 2.50 bits per heavy atom. The van der Waals surface area contributed by atoms with Crippen molar-refractivity contribution in [2.24, 2.45) is 0 Å². The summed E-state index contributed by atoms with van der Waals surface area (Å²) in [5.41, 5.74) is 0.557. The zero-order valence-electron chi connectivity index (χ0n) is 12.2. The molecule has 0 saturated carbocycles. The maximum Gasteiger partial charge on any atom is 0.241 e. The van der Waals surface area contributed by atoms with Crippen LogP contribution in [0.5, 0.6) is 0 Å². The molecular weight excluding hydrogens is 338 g/mol. The Morgan fingerprint density at radius 2 is 1.83 bits per heavy atom. The van der Waals surface area contributed by atoms with Crippen molar-refractivity contribution in [2.75, 3.05) is 0 Å². The Morgan fingerprint density at radius 1 is 1.08 bits per heavy atom. The zero-order chi connectivity index (χ0) is 17.2. The van der Waals surface area contributed by atoms with Gasteiger partial charge in [-0.15, -0.1) is 0 Å². The van der Waals surface area contributed by atoms with Crippen molar-refractivity contribution in [3.63, 3.8) is 0 Å². The molecule has 0 unspecified atom stereocenters. The predicted molar refractivity (Wildman–Crippen MR) is 81.7 cm³/mol. The number of rotatable bonds is 5. The Bertz CT molecular complexity index is 939. The Hall–Kier alpha value is -2.65. The smallest absolute Gasteiger partial charge is 0.237 e. The van der Waals surface area contributed by atoms with Gasteiger partial charge in [0.25, 0.3) is 0 Å². The molecule has 3 rings (SSSR count). The average molecular weight is 350 g/mol. The summed E-state index contributed by atoms with van der Waals surface area (Å²) in [7, 11) is -4.08. The zero-order valence-corrected chi connectivity index (χ0v) is 13.0. The third kappa shape index (κ3) is 3.47. The van der Waals surface area contributed by atoms with E-state index in [-0.39, 0.29) is 6.54 Å². The quantitative estimate of drug-likeness (QED) is 0.764. The molecule has 0 atom stereocenters. The van der Waals surface area contributed by atoms with Crippen molar-refractivity contribution >= 4 is 10.0 Å². The van der Waals surface area contributed by atoms with E-state index in [9.17, 15) is 17.2 Å². The number of halogens is 2. The molecule has 124 valence electrons. The third-order valence-electron chi connectivity index (χ3n) is 3.19. The van der Waals surface area contributed by atoms with Crippen molar-refractivity contribution in [3.8, 4) is 5.82 Å². The molecule has 0 spiro atoms. The minimum Gasteiger partial charge on any atom is -0.237 e. The second-order valence-electron chi connectivity index (χ2n) is 4.87. The van der Waals surface area contributed by atoms with Gasteiger partial charge >= 0.3 is 0 Å². The van der Waals surface area contributed by atoms with Crippen LogP contribution in [-0.2, 0) is 16.6 Å². The summed E-state index contributed by atoms with van der Waals surface area (Å²) in [4.78, 5) is 3.69. The van der Waals surface area contributed by atoms with Gasteiger partial charge in [-0.1, -0.05) is 6.07 Å². The summed E-state index contributed by atoms with van der Waals surface area (Å²) in [5.74, 6) is -1.47. The molecule has 2 aromatic heterocycles. The van der Waals surface area contributed by atoms with E-state index in [0.717, 1.165) is 12.1 Å². The van der Waals surface area contributed by atoms with Gasteiger partial charge in [0.15, 0.2) is 5.82 Å². The first-order chi connectivity index (χ1) is 11.5. The van der Waals surface area contributed by atoms with E-state index in [1.165, 1.54) is 4.68 Å². The highest BCUT2D eigenvalue weighted by Gasteiger charge is 2.17. The van der Waals surface area contributed by atoms with Crippen LogP contribution in [0.25, 0.3) is 5.82 Å². The maximum atomic E-state index is 13.2. The molecule has 0 aliphatic carbocycles. The molecule has 0 bridgehead atoms. The molecule has 0 amide bonds. The molecule has 0 saturated heterocycles. The molecule has 24 heavy (non-hydrogen) atoms. The molecule has 0 aliphatic rings. The van der Waals surface area contributed by atoms with Gasteiger partial charge in [0, 0.05) is 36.8 Å². The van der Waals surface area contributed by atoms with E-state index >= 15 is 0 Å². The minimum atomic E-state index is -4.08. The number of hydrogen-bond donors (Lipinski definition) is 1. The van der Waals surface area contributed by atoms with Crippen LogP contribution in [0.2, 0.25) is 0 Å². The fourth-order valence-corrected chi connectivity index (χ4v) is 3.16. The van der Waals surface area contributed by atoms with Crippen LogP contribution in [0.3, 0.4) is 0 Å². The Labute approximate surface area is 136 Å². The summed E-state index contributed by atoms with van der Waals surface area (Å²) < 4.78 is 54.7. The van der Waals surface area contributed by atoms with Crippen LogP contribution >= 0.6 is 0 Å². The monoisotopic (exact) mass is 350 g/mol. The first kappa shape index (κ1) is 16.2. The number of nitrogens with one attached hydrogen (secondary N) is 1. The van der Waals surface area contributed by atoms with E-state index in [2.05, 4.69) is 14.8 Å². The average Bonchev–Trinajstić information content (AvgIpc) is 3.07. The first-order valence-corrected chi connectivity index (χ1v) is 8.34. The van der Waals surface area contributed by atoms with Gasteiger partial charge < -0.3 is 0 Å². The SMILES string of the molecule is O=S(=O)(NCc1cccnc1-n1cccn1)c1cc(F)cc(F)c1. The molecule has 6 nitrogen and oxygen atoms in total. The second-order valence-corrected chi connectivity index (χ2v) is 6.63. The van der Waals surface area contributed by atoms with E-state index in [1.54, 1.807) is 36.8 Å². The molecule has 9 heteroatoms. The van der Waals surface area contributed by atoms with Crippen molar-refractivity contribution < 1.29 is 17.2 Å².